The Kier molecular flexibility index (Phi) is 7.39. The predicted molar refractivity (Wildman–Crippen MR) is 119 cm³/mol. The lowest BCUT2D eigenvalue weighted by atomic mass is 9.54. The lowest BCUT2D eigenvalue weighted by Gasteiger charge is -2.57. The van der Waals surface area contributed by atoms with Gasteiger partial charge in [-0.3, -0.25) is 4.99 Å². The molecule has 1 aromatic rings. The van der Waals surface area contributed by atoms with E-state index in [1.807, 2.05) is 25.2 Å². The lowest BCUT2D eigenvalue weighted by Crippen LogP contribution is -2.69. The fraction of sp³-hybridized carbons (Fsp3) is 0.667. The van der Waals surface area contributed by atoms with E-state index in [2.05, 4.69) is 27.8 Å². The summed E-state index contributed by atoms with van der Waals surface area (Å²) in [6.07, 6.45) is 6.93. The highest BCUT2D eigenvalue weighted by Crippen LogP contribution is 2.60. The van der Waals surface area contributed by atoms with E-state index in [-0.39, 0.29) is 24.0 Å². The first-order valence-corrected chi connectivity index (χ1v) is 10.0. The van der Waals surface area contributed by atoms with Crippen molar-refractivity contribution in [1.82, 2.24) is 10.6 Å². The van der Waals surface area contributed by atoms with Crippen LogP contribution in [0.15, 0.2) is 35.3 Å². The van der Waals surface area contributed by atoms with Gasteiger partial charge in [0.1, 0.15) is 0 Å². The highest BCUT2D eigenvalue weighted by atomic mass is 127. The Labute approximate surface area is 179 Å². The number of rotatable bonds is 6. The number of hydrogen-bond donors (Lipinski definition) is 2. The van der Waals surface area contributed by atoms with Gasteiger partial charge in [-0.2, -0.15) is 0 Å². The molecule has 1 aliphatic heterocycles. The molecule has 3 fully saturated rings. The molecule has 1 heterocycles. The zero-order valence-electron chi connectivity index (χ0n) is 16.2. The number of halogens is 1. The van der Waals surface area contributed by atoms with Crippen LogP contribution in [0.1, 0.15) is 37.7 Å². The molecule has 1 saturated heterocycles. The van der Waals surface area contributed by atoms with Gasteiger partial charge in [0.2, 0.25) is 0 Å². The zero-order valence-corrected chi connectivity index (χ0v) is 18.5. The number of ether oxygens (including phenoxy) is 2. The molecule has 150 valence electrons. The predicted octanol–water partition coefficient (Wildman–Crippen LogP) is 3.33. The fourth-order valence-corrected chi connectivity index (χ4v) is 5.25. The van der Waals surface area contributed by atoms with Gasteiger partial charge in [-0.15, -0.1) is 24.0 Å². The second kappa shape index (κ2) is 9.56. The van der Waals surface area contributed by atoms with Crippen molar-refractivity contribution in [1.29, 1.82) is 0 Å². The van der Waals surface area contributed by atoms with Crippen molar-refractivity contribution in [2.24, 2.45) is 16.3 Å². The molecule has 2 saturated carbocycles. The highest BCUT2D eigenvalue weighted by Gasteiger charge is 2.65. The van der Waals surface area contributed by atoms with Crippen LogP contribution in [0, 0.1) is 11.3 Å². The van der Waals surface area contributed by atoms with Crippen molar-refractivity contribution in [2.45, 2.75) is 50.9 Å². The van der Waals surface area contributed by atoms with Crippen LogP contribution in [0.25, 0.3) is 0 Å². The third kappa shape index (κ3) is 4.27. The molecule has 2 N–H and O–H groups in total. The topological polar surface area (TPSA) is 54.9 Å². The molecule has 0 amide bonds. The summed E-state index contributed by atoms with van der Waals surface area (Å²) in [5.41, 5.74) is 1.56. The number of nitrogens with zero attached hydrogens (tertiary/aromatic N) is 1. The van der Waals surface area contributed by atoms with E-state index in [0.717, 1.165) is 19.1 Å². The lowest BCUT2D eigenvalue weighted by molar-refractivity contribution is -0.125. The molecule has 0 bridgehead atoms. The summed E-state index contributed by atoms with van der Waals surface area (Å²) in [6, 6.07) is 10.8. The van der Waals surface area contributed by atoms with Gasteiger partial charge in [0.05, 0.1) is 19.3 Å². The summed E-state index contributed by atoms with van der Waals surface area (Å²) in [5.74, 6) is 1.55. The van der Waals surface area contributed by atoms with Crippen molar-refractivity contribution < 1.29 is 9.47 Å². The van der Waals surface area contributed by atoms with Gasteiger partial charge < -0.3 is 20.1 Å². The van der Waals surface area contributed by atoms with Gasteiger partial charge in [-0.05, 0) is 24.8 Å². The average molecular weight is 485 g/mol. The minimum atomic E-state index is 0. The first kappa shape index (κ1) is 20.9. The third-order valence-corrected chi connectivity index (χ3v) is 6.45. The molecule has 0 radical (unpaired) electrons. The van der Waals surface area contributed by atoms with E-state index >= 15 is 0 Å². The minimum Gasteiger partial charge on any atom is -0.377 e. The van der Waals surface area contributed by atoms with Crippen molar-refractivity contribution >= 4 is 29.9 Å². The van der Waals surface area contributed by atoms with Gasteiger partial charge >= 0.3 is 0 Å². The van der Waals surface area contributed by atoms with Crippen LogP contribution < -0.4 is 10.6 Å². The van der Waals surface area contributed by atoms with Gasteiger partial charge in [0, 0.05) is 37.6 Å². The highest BCUT2D eigenvalue weighted by molar-refractivity contribution is 14.0. The SMILES string of the molecule is CN=C(NCCOCc1ccccc1)NC1C2CCOC2C12CCCC2.I. The maximum atomic E-state index is 6.07. The maximum Gasteiger partial charge on any atom is 0.191 e. The molecule has 3 unspecified atom stereocenters. The van der Waals surface area contributed by atoms with Crippen molar-refractivity contribution in [3.05, 3.63) is 35.9 Å². The Morgan fingerprint density at radius 3 is 2.78 bits per heavy atom. The largest absolute Gasteiger partial charge is 0.377 e. The van der Waals surface area contributed by atoms with E-state index in [1.54, 1.807) is 0 Å². The molecular formula is C21H32IN3O2. The van der Waals surface area contributed by atoms with E-state index in [9.17, 15) is 0 Å². The van der Waals surface area contributed by atoms with Crippen LogP contribution in [0.5, 0.6) is 0 Å². The van der Waals surface area contributed by atoms with Gasteiger partial charge in [0.15, 0.2) is 5.96 Å². The number of aliphatic imine (C=N–C) groups is 1. The number of guanidine groups is 1. The molecule has 1 spiro atoms. The van der Waals surface area contributed by atoms with Crippen LogP contribution in [0.2, 0.25) is 0 Å². The second-order valence-corrected chi connectivity index (χ2v) is 7.84. The summed E-state index contributed by atoms with van der Waals surface area (Å²) in [4.78, 5) is 4.43. The third-order valence-electron chi connectivity index (χ3n) is 6.45. The summed E-state index contributed by atoms with van der Waals surface area (Å²) in [6.45, 7) is 3.01. The smallest absolute Gasteiger partial charge is 0.191 e. The molecule has 5 nitrogen and oxygen atoms in total. The molecule has 27 heavy (non-hydrogen) atoms. The monoisotopic (exact) mass is 485 g/mol. The molecule has 0 aromatic heterocycles. The first-order chi connectivity index (χ1) is 12.8. The quantitative estimate of drug-likeness (QED) is 0.281. The summed E-state index contributed by atoms with van der Waals surface area (Å²) >= 11 is 0. The molecule has 2 aliphatic carbocycles. The van der Waals surface area contributed by atoms with Crippen molar-refractivity contribution in [2.75, 3.05) is 26.8 Å². The minimum absolute atomic E-state index is 0. The Morgan fingerprint density at radius 2 is 2.04 bits per heavy atom. The van der Waals surface area contributed by atoms with Crippen molar-refractivity contribution in [3.8, 4) is 0 Å². The standard InChI is InChI=1S/C21H31N3O2.HI/c1-22-20(23-12-14-25-15-16-7-3-2-4-8-16)24-18-17-9-13-26-19(17)21(18)10-5-6-11-21;/h2-4,7-8,17-19H,5-6,9-15H2,1H3,(H2,22,23,24);1H. The zero-order chi connectivity index (χ0) is 17.8. The number of hydrogen-bond acceptors (Lipinski definition) is 3. The van der Waals surface area contributed by atoms with Crippen molar-refractivity contribution in [3.63, 3.8) is 0 Å². The van der Waals surface area contributed by atoms with E-state index in [4.69, 9.17) is 9.47 Å². The normalized spacial score (nSPS) is 28.3. The Hall–Kier alpha value is -0.860. The first-order valence-electron chi connectivity index (χ1n) is 10.0. The molecule has 3 atom stereocenters. The Bertz CT molecular complexity index is 619. The fourth-order valence-electron chi connectivity index (χ4n) is 5.25. The van der Waals surface area contributed by atoms with Crippen LogP contribution in [0.3, 0.4) is 0 Å². The Morgan fingerprint density at radius 1 is 1.26 bits per heavy atom. The molecule has 4 rings (SSSR count). The molecular weight excluding hydrogens is 453 g/mol. The van der Waals surface area contributed by atoms with Crippen LogP contribution in [-0.2, 0) is 16.1 Å². The Balaban J connectivity index is 0.00000210. The van der Waals surface area contributed by atoms with Gasteiger partial charge in [-0.25, -0.2) is 0 Å². The summed E-state index contributed by atoms with van der Waals surface area (Å²) in [5, 5.41) is 7.13. The average Bonchev–Trinajstić information content (AvgIpc) is 3.33. The van der Waals surface area contributed by atoms with Crippen LogP contribution in [0.4, 0.5) is 0 Å². The second-order valence-electron chi connectivity index (χ2n) is 7.84. The van der Waals surface area contributed by atoms with E-state index in [0.29, 0.717) is 36.7 Å². The number of nitrogens with one attached hydrogen (secondary N) is 2. The van der Waals surface area contributed by atoms with Gasteiger partial charge in [0.25, 0.3) is 0 Å². The van der Waals surface area contributed by atoms with Crippen LogP contribution in [-0.4, -0.2) is 44.9 Å². The van der Waals surface area contributed by atoms with Gasteiger partial charge in [-0.1, -0.05) is 43.2 Å². The number of benzene rings is 1. The molecule has 3 aliphatic rings. The van der Waals surface area contributed by atoms with E-state index < -0.39 is 0 Å². The summed E-state index contributed by atoms with van der Waals surface area (Å²) < 4.78 is 11.8. The maximum absolute atomic E-state index is 6.07. The van der Waals surface area contributed by atoms with E-state index in [1.165, 1.54) is 37.7 Å². The molecule has 1 aromatic carbocycles. The summed E-state index contributed by atoms with van der Waals surface area (Å²) in [7, 11) is 1.85. The number of fused-ring (bicyclic) bond motifs is 2. The van der Waals surface area contributed by atoms with Crippen LogP contribution >= 0.6 is 24.0 Å². The molecule has 6 heteroatoms.